The molecule has 3 heterocycles. The number of aliphatic hydroxyl groups excluding tert-OH is 1. The Hall–Kier alpha value is -3.11. The molecule has 0 saturated heterocycles. The molecule has 2 N–H and O–H groups in total. The molecule has 4 aromatic rings. The molecule has 0 radical (unpaired) electrons. The Labute approximate surface area is 157 Å². The fraction of sp³-hybridized carbons (Fsp3) is 0.333. The van der Waals surface area contributed by atoms with Crippen LogP contribution < -0.4 is 5.56 Å². The lowest BCUT2D eigenvalue weighted by molar-refractivity contribution is 0.0420. The zero-order valence-electron chi connectivity index (χ0n) is 15.4. The molecule has 146 valence electrons. The van der Waals surface area contributed by atoms with Crippen molar-refractivity contribution in [2.75, 3.05) is 6.61 Å². The third-order valence-electron chi connectivity index (χ3n) is 4.52. The summed E-state index contributed by atoms with van der Waals surface area (Å²) in [5, 5.41) is 23.4. The maximum absolute atomic E-state index is 14.6. The Bertz CT molecular complexity index is 1250. The molecule has 10 heteroatoms. The van der Waals surface area contributed by atoms with E-state index >= 15 is 0 Å². The highest BCUT2D eigenvalue weighted by Gasteiger charge is 2.27. The molecule has 0 aliphatic carbocycles. The van der Waals surface area contributed by atoms with Crippen molar-refractivity contribution in [2.45, 2.75) is 32.4 Å². The fourth-order valence-corrected chi connectivity index (χ4v) is 3.12. The van der Waals surface area contributed by atoms with E-state index in [0.29, 0.717) is 5.52 Å². The van der Waals surface area contributed by atoms with Gasteiger partial charge in [0.15, 0.2) is 0 Å². The monoisotopic (exact) mass is 387 g/mol. The first kappa shape index (κ1) is 18.3. The van der Waals surface area contributed by atoms with Crippen molar-refractivity contribution in [3.63, 3.8) is 0 Å². The van der Waals surface area contributed by atoms with Gasteiger partial charge in [0.25, 0.3) is 11.4 Å². The number of benzene rings is 1. The van der Waals surface area contributed by atoms with Gasteiger partial charge in [0.05, 0.1) is 18.2 Å². The molecule has 0 aliphatic heterocycles. The zero-order chi connectivity index (χ0) is 20.2. The molecule has 0 saturated carbocycles. The summed E-state index contributed by atoms with van der Waals surface area (Å²) in [7, 11) is 0. The minimum atomic E-state index is -1.36. The quantitative estimate of drug-likeness (QED) is 0.546. The molecule has 9 nitrogen and oxygen atoms in total. The molecule has 0 amide bonds. The summed E-state index contributed by atoms with van der Waals surface area (Å²) in [6.45, 7) is 4.23. The summed E-state index contributed by atoms with van der Waals surface area (Å²) >= 11 is 0. The molecule has 1 unspecified atom stereocenters. The lowest BCUT2D eigenvalue weighted by Gasteiger charge is -2.17. The van der Waals surface area contributed by atoms with Gasteiger partial charge in [-0.15, -0.1) is 0 Å². The number of halogens is 1. The second kappa shape index (κ2) is 6.21. The highest BCUT2D eigenvalue weighted by molar-refractivity contribution is 5.84. The van der Waals surface area contributed by atoms with Crippen molar-refractivity contribution < 1.29 is 19.1 Å². The Balaban J connectivity index is 2.10. The maximum atomic E-state index is 14.6. The number of hydrogen-bond acceptors (Lipinski definition) is 7. The average molecular weight is 387 g/mol. The minimum Gasteiger partial charge on any atom is -0.394 e. The number of para-hydroxylation sites is 1. The van der Waals surface area contributed by atoms with Crippen LogP contribution in [0, 0.1) is 5.82 Å². The first-order valence-electron chi connectivity index (χ1n) is 8.61. The van der Waals surface area contributed by atoms with Crippen LogP contribution >= 0.6 is 0 Å². The van der Waals surface area contributed by atoms with E-state index in [9.17, 15) is 19.4 Å². The van der Waals surface area contributed by atoms with Crippen molar-refractivity contribution in [1.82, 2.24) is 24.1 Å². The van der Waals surface area contributed by atoms with Crippen LogP contribution in [0.25, 0.3) is 28.1 Å². The molecule has 0 bridgehead atoms. The van der Waals surface area contributed by atoms with Gasteiger partial charge >= 0.3 is 0 Å². The van der Waals surface area contributed by atoms with Gasteiger partial charge in [-0.3, -0.25) is 13.8 Å². The Morgan fingerprint density at radius 1 is 1.32 bits per heavy atom. The summed E-state index contributed by atoms with van der Waals surface area (Å²) in [4.78, 5) is 21.6. The van der Waals surface area contributed by atoms with Crippen molar-refractivity contribution in [3.8, 4) is 11.5 Å². The van der Waals surface area contributed by atoms with Crippen LogP contribution in [0.1, 0.15) is 32.7 Å². The number of nitrogens with zero attached hydrogens (tertiary/aromatic N) is 5. The van der Waals surface area contributed by atoms with Crippen LogP contribution in [-0.2, 0) is 5.60 Å². The van der Waals surface area contributed by atoms with Crippen molar-refractivity contribution in [3.05, 3.63) is 46.6 Å². The number of imidazole rings is 1. The van der Waals surface area contributed by atoms with Crippen LogP contribution in [0.15, 0.2) is 33.8 Å². The molecule has 1 aromatic carbocycles. The first-order chi connectivity index (χ1) is 13.2. The van der Waals surface area contributed by atoms with Gasteiger partial charge in [-0.25, -0.2) is 9.37 Å². The lowest BCUT2D eigenvalue weighted by Crippen LogP contribution is -2.28. The van der Waals surface area contributed by atoms with Gasteiger partial charge in [0, 0.05) is 0 Å². The molecular weight excluding hydrogens is 369 g/mol. The number of aromatic nitrogens is 5. The Morgan fingerprint density at radius 2 is 2.07 bits per heavy atom. The van der Waals surface area contributed by atoms with Gasteiger partial charge in [-0.2, -0.15) is 4.98 Å². The predicted octanol–water partition coefficient (Wildman–Crippen LogP) is 1.62. The standard InChI is InChI=1S/C18H18FN5O4/c1-9(7-25)24-13-10(19)5-4-6-11(13)23-8-20-12(14(23)16(24)26)15-21-17(28-22-15)18(2,3)27/h4-6,8-9,25,27H,7H2,1-3H3. The molecule has 0 fully saturated rings. The van der Waals surface area contributed by atoms with Crippen LogP contribution in [0.3, 0.4) is 0 Å². The van der Waals surface area contributed by atoms with Crippen LogP contribution in [-0.4, -0.2) is 40.9 Å². The second-order valence-electron chi connectivity index (χ2n) is 7.11. The van der Waals surface area contributed by atoms with E-state index in [2.05, 4.69) is 15.1 Å². The highest BCUT2D eigenvalue weighted by atomic mass is 19.1. The van der Waals surface area contributed by atoms with Crippen LogP contribution in [0.2, 0.25) is 0 Å². The zero-order valence-corrected chi connectivity index (χ0v) is 15.4. The summed E-state index contributed by atoms with van der Waals surface area (Å²) < 4.78 is 22.3. The fourth-order valence-electron chi connectivity index (χ4n) is 3.12. The average Bonchev–Trinajstić information content (AvgIpc) is 3.29. The van der Waals surface area contributed by atoms with Gasteiger partial charge in [0.2, 0.25) is 5.82 Å². The van der Waals surface area contributed by atoms with Crippen LogP contribution in [0.5, 0.6) is 0 Å². The van der Waals surface area contributed by atoms with Gasteiger partial charge < -0.3 is 14.7 Å². The largest absolute Gasteiger partial charge is 0.394 e. The van der Waals surface area contributed by atoms with E-state index in [0.717, 1.165) is 0 Å². The number of aliphatic hydroxyl groups is 2. The third-order valence-corrected chi connectivity index (χ3v) is 4.52. The van der Waals surface area contributed by atoms with Crippen molar-refractivity contribution in [2.24, 2.45) is 0 Å². The number of hydrogen-bond donors (Lipinski definition) is 2. The maximum Gasteiger partial charge on any atom is 0.278 e. The van der Waals surface area contributed by atoms with Crippen molar-refractivity contribution >= 4 is 16.6 Å². The molecule has 1 atom stereocenters. The van der Waals surface area contributed by atoms with E-state index in [-0.39, 0.29) is 35.0 Å². The lowest BCUT2D eigenvalue weighted by atomic mass is 10.1. The van der Waals surface area contributed by atoms with E-state index < -0.39 is 23.0 Å². The molecular formula is C18H18FN5O4. The summed E-state index contributed by atoms with van der Waals surface area (Å²) in [6, 6.07) is 3.75. The van der Waals surface area contributed by atoms with Crippen LogP contribution in [0.4, 0.5) is 4.39 Å². The summed E-state index contributed by atoms with van der Waals surface area (Å²) in [6.07, 6.45) is 1.38. The SMILES string of the molecule is CC(CO)n1c(=O)c2c(-c3noc(C(C)(C)O)n3)ncn2c2cccc(F)c21. The van der Waals surface area contributed by atoms with E-state index in [1.165, 1.54) is 41.3 Å². The van der Waals surface area contributed by atoms with E-state index in [1.54, 1.807) is 13.0 Å². The smallest absolute Gasteiger partial charge is 0.278 e. The van der Waals surface area contributed by atoms with E-state index in [1.807, 2.05) is 0 Å². The normalized spacial score (nSPS) is 13.5. The minimum absolute atomic E-state index is 0.0238. The highest BCUT2D eigenvalue weighted by Crippen LogP contribution is 2.27. The second-order valence-corrected chi connectivity index (χ2v) is 7.11. The first-order valence-corrected chi connectivity index (χ1v) is 8.61. The van der Waals surface area contributed by atoms with Gasteiger partial charge in [-0.05, 0) is 32.9 Å². The molecule has 0 spiro atoms. The molecule has 28 heavy (non-hydrogen) atoms. The molecule has 4 rings (SSSR count). The Kier molecular flexibility index (Phi) is 4.05. The van der Waals surface area contributed by atoms with Gasteiger partial charge in [-0.1, -0.05) is 11.2 Å². The molecule has 0 aliphatic rings. The van der Waals surface area contributed by atoms with Crippen molar-refractivity contribution in [1.29, 1.82) is 0 Å². The topological polar surface area (TPSA) is 119 Å². The predicted molar refractivity (Wildman–Crippen MR) is 97.2 cm³/mol. The van der Waals surface area contributed by atoms with Gasteiger partial charge in [0.1, 0.15) is 34.5 Å². The van der Waals surface area contributed by atoms with E-state index in [4.69, 9.17) is 4.52 Å². The Morgan fingerprint density at radius 3 is 2.71 bits per heavy atom. The third kappa shape index (κ3) is 2.60. The summed E-state index contributed by atoms with van der Waals surface area (Å²) in [5.41, 5.74) is -1.20. The number of rotatable bonds is 4. The summed E-state index contributed by atoms with van der Waals surface area (Å²) in [5.74, 6) is -0.592. The molecule has 3 aromatic heterocycles. The number of fused-ring (bicyclic) bond motifs is 3.